The molecule has 7 atom stereocenters. The van der Waals surface area contributed by atoms with Gasteiger partial charge in [0, 0.05) is 12.5 Å². The van der Waals surface area contributed by atoms with Crippen LogP contribution in [0.15, 0.2) is 35.7 Å². The Morgan fingerprint density at radius 2 is 1.86 bits per heavy atom. The largest absolute Gasteiger partial charge is 0.481 e. The van der Waals surface area contributed by atoms with Crippen LogP contribution in [-0.4, -0.2) is 50.7 Å². The highest BCUT2D eigenvalue weighted by Gasteiger charge is 2.54. The topological polar surface area (TPSA) is 136 Å². The van der Waals surface area contributed by atoms with Gasteiger partial charge in [0.15, 0.2) is 0 Å². The first kappa shape index (κ1) is 34.1. The van der Waals surface area contributed by atoms with Crippen LogP contribution in [0.25, 0.3) is 0 Å². The van der Waals surface area contributed by atoms with Crippen molar-refractivity contribution in [3.63, 3.8) is 0 Å². The van der Waals surface area contributed by atoms with Gasteiger partial charge in [-0.1, -0.05) is 76.5 Å². The molecule has 2 saturated carbocycles. The summed E-state index contributed by atoms with van der Waals surface area (Å²) in [4.78, 5) is 12.1. The number of aliphatic carboxylic acids is 1. The number of unbranched alkanes of at least 4 members (excludes halogenated alkanes) is 4. The molecule has 4 aliphatic rings. The quantitative estimate of drug-likeness (QED) is 0.0848. The van der Waals surface area contributed by atoms with Crippen LogP contribution in [0.2, 0.25) is 0 Å². The van der Waals surface area contributed by atoms with Gasteiger partial charge in [0.1, 0.15) is 0 Å². The lowest BCUT2D eigenvalue weighted by molar-refractivity contribution is -0.146. The predicted octanol–water partition coefficient (Wildman–Crippen LogP) is 6.33. The molecular formula is C36H60N2O5. The fourth-order valence-electron chi connectivity index (χ4n) is 8.90. The number of rotatable bonds is 17. The fraction of sp³-hybridized carbons (Fsp3) is 0.806. The van der Waals surface area contributed by atoms with Crippen molar-refractivity contribution in [2.24, 2.45) is 34.8 Å². The predicted molar refractivity (Wildman–Crippen MR) is 172 cm³/mol. The van der Waals surface area contributed by atoms with Crippen LogP contribution in [0, 0.1) is 29.1 Å². The van der Waals surface area contributed by atoms with E-state index < -0.39 is 23.6 Å². The molecule has 7 heteroatoms. The summed E-state index contributed by atoms with van der Waals surface area (Å²) in [5, 5.41) is 46.4. The first-order valence-electron chi connectivity index (χ1n) is 17.5. The highest BCUT2D eigenvalue weighted by atomic mass is 16.4. The van der Waals surface area contributed by atoms with E-state index in [2.05, 4.69) is 30.5 Å². The van der Waals surface area contributed by atoms with Crippen molar-refractivity contribution in [3.05, 3.63) is 35.7 Å². The first-order valence-corrected chi connectivity index (χ1v) is 17.5. The smallest absolute Gasteiger partial charge is 0.309 e. The molecule has 1 aliphatic heterocycles. The van der Waals surface area contributed by atoms with Crippen molar-refractivity contribution < 1.29 is 25.2 Å². The van der Waals surface area contributed by atoms with Crippen LogP contribution in [-0.2, 0) is 4.79 Å². The molecule has 3 aliphatic carbocycles. The summed E-state index contributed by atoms with van der Waals surface area (Å²) in [6.45, 7) is 2.95. The summed E-state index contributed by atoms with van der Waals surface area (Å²) in [5.41, 5.74) is 6.53. The van der Waals surface area contributed by atoms with Crippen LogP contribution >= 0.6 is 0 Å². The Hall–Kier alpha value is -1.83. The molecule has 0 unspecified atom stereocenters. The average molecular weight is 601 g/mol. The van der Waals surface area contributed by atoms with Crippen molar-refractivity contribution in [2.45, 2.75) is 147 Å². The van der Waals surface area contributed by atoms with Crippen molar-refractivity contribution in [2.75, 3.05) is 6.54 Å². The number of dihydropyridines is 1. The molecule has 0 aromatic rings. The third-order valence-corrected chi connectivity index (χ3v) is 11.4. The summed E-state index contributed by atoms with van der Waals surface area (Å²) in [7, 11) is 0. The molecule has 0 bridgehead atoms. The molecule has 244 valence electrons. The Labute approximate surface area is 260 Å². The van der Waals surface area contributed by atoms with E-state index in [4.69, 9.17) is 5.73 Å². The summed E-state index contributed by atoms with van der Waals surface area (Å²) in [5.74, 6) is 0.0168. The van der Waals surface area contributed by atoms with E-state index in [1.807, 2.05) is 6.08 Å². The normalized spacial score (nSPS) is 31.4. The molecule has 1 spiro atoms. The number of nitrogens with two attached hydrogens (primary N) is 1. The standard InChI is InChI=1S/C36H60N2O5/c1-2-3-5-10-26-13-14-28(32(40)22-26)11-6-4-7-12-30(34(41)42)31(39)15-19-36(43)24-29(35(25-36)17-8-9-18-35)21-27-16-20-38-33(37)23-27/h13-14,16,23,26,28-32,38-40,43H,2-12,15,17-22,24-25,37H2,1H3,(H,41,42)/t26-,28-,29-,30+,31-,32-,36-/m1/s1. The van der Waals surface area contributed by atoms with Crippen molar-refractivity contribution in [1.29, 1.82) is 0 Å². The van der Waals surface area contributed by atoms with Gasteiger partial charge in [-0.15, -0.1) is 0 Å². The number of aliphatic hydroxyl groups is 3. The Morgan fingerprint density at radius 3 is 2.56 bits per heavy atom. The molecule has 43 heavy (non-hydrogen) atoms. The van der Waals surface area contributed by atoms with E-state index in [-0.39, 0.29) is 17.4 Å². The van der Waals surface area contributed by atoms with Gasteiger partial charge < -0.3 is 31.5 Å². The average Bonchev–Trinajstić information content (AvgIpc) is 3.54. The Bertz CT molecular complexity index is 986. The van der Waals surface area contributed by atoms with Gasteiger partial charge in [-0.3, -0.25) is 4.79 Å². The van der Waals surface area contributed by atoms with Gasteiger partial charge in [0.25, 0.3) is 0 Å². The van der Waals surface area contributed by atoms with Crippen LogP contribution in [0.1, 0.15) is 129 Å². The van der Waals surface area contributed by atoms with Crippen LogP contribution in [0.3, 0.4) is 0 Å². The van der Waals surface area contributed by atoms with Gasteiger partial charge in [0.05, 0.1) is 29.5 Å². The van der Waals surface area contributed by atoms with E-state index in [1.54, 1.807) is 0 Å². The second-order valence-corrected chi connectivity index (χ2v) is 14.6. The van der Waals surface area contributed by atoms with E-state index >= 15 is 0 Å². The summed E-state index contributed by atoms with van der Waals surface area (Å²) in [6, 6.07) is 0. The van der Waals surface area contributed by atoms with Gasteiger partial charge in [0.2, 0.25) is 0 Å². The van der Waals surface area contributed by atoms with Gasteiger partial charge in [-0.2, -0.15) is 0 Å². The van der Waals surface area contributed by atoms with Gasteiger partial charge in [-0.05, 0) is 99.5 Å². The zero-order chi connectivity index (χ0) is 30.9. The molecule has 0 aromatic heterocycles. The SMILES string of the molecule is CCCCC[C@@H]1C=C[C@@H](CCCCC[C@H](C(=O)O)[C@H](O)CC[C@@]2(O)C[C@@H](CC3=CCNC(N)=C3)C3(CCCC3)C2)[C@H](O)C1. The van der Waals surface area contributed by atoms with E-state index in [0.717, 1.165) is 70.8 Å². The number of carboxylic acids is 1. The molecule has 4 rings (SSSR count). The van der Waals surface area contributed by atoms with Crippen LogP contribution in [0.5, 0.6) is 0 Å². The van der Waals surface area contributed by atoms with Crippen molar-refractivity contribution >= 4 is 5.97 Å². The van der Waals surface area contributed by atoms with Crippen molar-refractivity contribution in [1.82, 2.24) is 5.32 Å². The minimum Gasteiger partial charge on any atom is -0.481 e. The van der Waals surface area contributed by atoms with Gasteiger partial charge >= 0.3 is 5.97 Å². The zero-order valence-corrected chi connectivity index (χ0v) is 26.7. The van der Waals surface area contributed by atoms with Crippen LogP contribution in [0.4, 0.5) is 0 Å². The Balaban J connectivity index is 1.21. The third-order valence-electron chi connectivity index (χ3n) is 11.4. The molecule has 7 N–H and O–H groups in total. The molecule has 0 saturated heterocycles. The number of nitrogens with one attached hydrogen (secondary N) is 1. The summed E-state index contributed by atoms with van der Waals surface area (Å²) in [6.07, 6.45) is 25.0. The maximum atomic E-state index is 12.1. The highest BCUT2D eigenvalue weighted by molar-refractivity contribution is 5.70. The van der Waals surface area contributed by atoms with E-state index in [0.29, 0.717) is 43.3 Å². The molecule has 7 nitrogen and oxygen atoms in total. The summed E-state index contributed by atoms with van der Waals surface area (Å²) >= 11 is 0. The summed E-state index contributed by atoms with van der Waals surface area (Å²) < 4.78 is 0. The Kier molecular flexibility index (Phi) is 12.6. The number of aliphatic hydroxyl groups excluding tert-OH is 2. The highest BCUT2D eigenvalue weighted by Crippen LogP contribution is 2.60. The number of hydrogen-bond donors (Lipinski definition) is 6. The van der Waals surface area contributed by atoms with Gasteiger partial charge in [-0.25, -0.2) is 0 Å². The van der Waals surface area contributed by atoms with Crippen LogP contribution < -0.4 is 11.1 Å². The third kappa shape index (κ3) is 9.58. The molecular weight excluding hydrogens is 540 g/mol. The maximum absolute atomic E-state index is 12.1. The minimum atomic E-state index is -0.956. The number of allylic oxidation sites excluding steroid dienone is 3. The Morgan fingerprint density at radius 1 is 1.09 bits per heavy atom. The molecule has 1 heterocycles. The lowest BCUT2D eigenvalue weighted by Crippen LogP contribution is -2.33. The second-order valence-electron chi connectivity index (χ2n) is 14.6. The first-order chi connectivity index (χ1) is 20.6. The van der Waals surface area contributed by atoms with Crippen molar-refractivity contribution in [3.8, 4) is 0 Å². The number of hydrogen-bond acceptors (Lipinski definition) is 6. The molecule has 0 radical (unpaired) electrons. The molecule has 0 amide bonds. The van der Waals surface area contributed by atoms with E-state index in [1.165, 1.54) is 37.7 Å². The number of carbonyl (C=O) groups is 1. The monoisotopic (exact) mass is 600 g/mol. The lowest BCUT2D eigenvalue weighted by Gasteiger charge is -2.32. The number of carboxylic acid groups (broad SMARTS) is 1. The second kappa shape index (κ2) is 15.9. The molecule has 0 aromatic carbocycles. The minimum absolute atomic E-state index is 0.136. The molecule has 2 fully saturated rings. The van der Waals surface area contributed by atoms with E-state index in [9.17, 15) is 25.2 Å². The fourth-order valence-corrected chi connectivity index (χ4v) is 8.90. The zero-order valence-electron chi connectivity index (χ0n) is 26.7. The maximum Gasteiger partial charge on any atom is 0.309 e. The lowest BCUT2D eigenvalue weighted by atomic mass is 9.73.